The molecule has 0 bridgehead atoms. The van der Waals surface area contributed by atoms with E-state index < -0.39 is 24.0 Å². The summed E-state index contributed by atoms with van der Waals surface area (Å²) in [6.45, 7) is 1.74. The maximum Gasteiger partial charge on any atom is 0.411 e. The Morgan fingerprint density at radius 3 is 2.13 bits per heavy atom. The van der Waals surface area contributed by atoms with Crippen LogP contribution in [0.15, 0.2) is 0 Å². The second-order valence-electron chi connectivity index (χ2n) is 4.07. The summed E-state index contributed by atoms with van der Waals surface area (Å²) in [6, 6.07) is 0. The Labute approximate surface area is 85.2 Å². The van der Waals surface area contributed by atoms with Crippen LogP contribution in [0.5, 0.6) is 0 Å². The smallest absolute Gasteiger partial charge is 0.328 e. The summed E-state index contributed by atoms with van der Waals surface area (Å²) in [4.78, 5) is 22.9. The van der Waals surface area contributed by atoms with Crippen LogP contribution in [0.1, 0.15) is 26.7 Å². The van der Waals surface area contributed by atoms with Crippen molar-refractivity contribution < 1.29 is 22.8 Å². The SMILES string of the molecule is CC(C)(N1CCC(=O)CC1=O)C(F)(F)F. The van der Waals surface area contributed by atoms with E-state index in [0.717, 1.165) is 18.7 Å². The first-order chi connectivity index (χ1) is 6.66. The largest absolute Gasteiger partial charge is 0.411 e. The second kappa shape index (κ2) is 3.50. The molecular formula is C9H12F3NO2. The summed E-state index contributed by atoms with van der Waals surface area (Å²) < 4.78 is 37.8. The van der Waals surface area contributed by atoms with Gasteiger partial charge in [-0.05, 0) is 13.8 Å². The zero-order valence-corrected chi connectivity index (χ0v) is 8.52. The van der Waals surface area contributed by atoms with Gasteiger partial charge in [-0.1, -0.05) is 0 Å². The number of halogens is 3. The minimum Gasteiger partial charge on any atom is -0.328 e. The van der Waals surface area contributed by atoms with Crippen molar-refractivity contribution in [2.45, 2.75) is 38.4 Å². The number of carbonyl (C=O) groups is 2. The molecule has 0 aromatic carbocycles. The number of nitrogens with zero attached hydrogens (tertiary/aromatic N) is 1. The van der Waals surface area contributed by atoms with Crippen LogP contribution in [0.3, 0.4) is 0 Å². The zero-order valence-electron chi connectivity index (χ0n) is 8.52. The molecule has 1 fully saturated rings. The van der Waals surface area contributed by atoms with Crippen molar-refractivity contribution in [2.75, 3.05) is 6.54 Å². The van der Waals surface area contributed by atoms with Gasteiger partial charge >= 0.3 is 6.18 Å². The van der Waals surface area contributed by atoms with Crippen LogP contribution in [0.4, 0.5) is 13.2 Å². The van der Waals surface area contributed by atoms with Gasteiger partial charge in [0.1, 0.15) is 11.3 Å². The number of likely N-dealkylation sites (tertiary alicyclic amines) is 1. The minimum atomic E-state index is -4.48. The number of amides is 1. The topological polar surface area (TPSA) is 37.4 Å². The first-order valence-electron chi connectivity index (χ1n) is 4.55. The number of rotatable bonds is 1. The van der Waals surface area contributed by atoms with Crippen LogP contribution in [-0.4, -0.2) is 34.9 Å². The molecule has 1 aliphatic rings. The standard InChI is InChI=1S/C9H12F3NO2/c1-8(2,9(10,11)12)13-4-3-6(14)5-7(13)15/h3-5H2,1-2H3. The number of Topliss-reactive ketones (excluding diaryl/α,β-unsaturated/α-hetero) is 1. The Morgan fingerprint density at radius 1 is 1.20 bits per heavy atom. The van der Waals surface area contributed by atoms with Gasteiger partial charge in [0, 0.05) is 13.0 Å². The lowest BCUT2D eigenvalue weighted by Crippen LogP contribution is -2.59. The van der Waals surface area contributed by atoms with Crippen molar-refractivity contribution in [2.24, 2.45) is 0 Å². The molecule has 0 aliphatic carbocycles. The number of hydrogen-bond acceptors (Lipinski definition) is 2. The van der Waals surface area contributed by atoms with E-state index >= 15 is 0 Å². The molecule has 1 rings (SSSR count). The van der Waals surface area contributed by atoms with Gasteiger partial charge in [-0.2, -0.15) is 13.2 Å². The summed E-state index contributed by atoms with van der Waals surface area (Å²) in [5.41, 5.74) is -2.20. The van der Waals surface area contributed by atoms with E-state index in [2.05, 4.69) is 0 Å². The zero-order chi connectivity index (χ0) is 11.9. The molecule has 0 atom stereocenters. The van der Waals surface area contributed by atoms with E-state index in [4.69, 9.17) is 0 Å². The van der Waals surface area contributed by atoms with E-state index in [1.165, 1.54) is 0 Å². The van der Waals surface area contributed by atoms with Gasteiger partial charge in [0.05, 0.1) is 6.42 Å². The Balaban J connectivity index is 2.89. The number of piperidine rings is 1. The number of ketones is 1. The molecule has 86 valence electrons. The molecule has 0 N–H and O–H groups in total. The molecular weight excluding hydrogens is 211 g/mol. The molecule has 0 unspecified atom stereocenters. The highest BCUT2D eigenvalue weighted by molar-refractivity contribution is 6.00. The first-order valence-corrected chi connectivity index (χ1v) is 4.55. The molecule has 15 heavy (non-hydrogen) atoms. The Bertz CT molecular complexity index is 296. The molecule has 1 heterocycles. The van der Waals surface area contributed by atoms with Crippen molar-refractivity contribution in [3.8, 4) is 0 Å². The summed E-state index contributed by atoms with van der Waals surface area (Å²) in [5.74, 6) is -1.04. The minimum absolute atomic E-state index is 0.00521. The Hall–Kier alpha value is -1.07. The van der Waals surface area contributed by atoms with Crippen molar-refractivity contribution >= 4 is 11.7 Å². The number of hydrogen-bond donors (Lipinski definition) is 0. The summed E-state index contributed by atoms with van der Waals surface area (Å²) in [5, 5.41) is 0. The fraction of sp³-hybridized carbons (Fsp3) is 0.778. The van der Waals surface area contributed by atoms with Crippen LogP contribution in [0, 0.1) is 0 Å². The van der Waals surface area contributed by atoms with Gasteiger partial charge in [0.2, 0.25) is 5.91 Å². The van der Waals surface area contributed by atoms with Crippen molar-refractivity contribution in [3.63, 3.8) is 0 Å². The molecule has 0 aromatic rings. The van der Waals surface area contributed by atoms with Crippen molar-refractivity contribution in [1.29, 1.82) is 0 Å². The fourth-order valence-electron chi connectivity index (χ4n) is 1.46. The van der Waals surface area contributed by atoms with E-state index in [1.54, 1.807) is 0 Å². The van der Waals surface area contributed by atoms with Crippen LogP contribution in [0.2, 0.25) is 0 Å². The van der Waals surface area contributed by atoms with Gasteiger partial charge in [-0.15, -0.1) is 0 Å². The van der Waals surface area contributed by atoms with Gasteiger partial charge in [0.15, 0.2) is 0 Å². The van der Waals surface area contributed by atoms with E-state index in [9.17, 15) is 22.8 Å². The summed E-state index contributed by atoms with van der Waals surface area (Å²) >= 11 is 0. The van der Waals surface area contributed by atoms with E-state index in [1.807, 2.05) is 0 Å². The second-order valence-corrected chi connectivity index (χ2v) is 4.07. The highest BCUT2D eigenvalue weighted by atomic mass is 19.4. The van der Waals surface area contributed by atoms with Gasteiger partial charge in [-0.3, -0.25) is 9.59 Å². The highest BCUT2D eigenvalue weighted by Gasteiger charge is 2.53. The highest BCUT2D eigenvalue weighted by Crippen LogP contribution is 2.36. The first kappa shape index (κ1) is 12.0. The predicted molar refractivity (Wildman–Crippen MR) is 46.1 cm³/mol. The molecule has 0 radical (unpaired) electrons. The third-order valence-electron chi connectivity index (χ3n) is 2.63. The lowest BCUT2D eigenvalue weighted by atomic mass is 9.97. The quantitative estimate of drug-likeness (QED) is 0.632. The summed E-state index contributed by atoms with van der Waals surface area (Å²) in [7, 11) is 0. The van der Waals surface area contributed by atoms with Crippen LogP contribution in [0.25, 0.3) is 0 Å². The average Bonchev–Trinajstić information content (AvgIpc) is 2.00. The molecule has 3 nitrogen and oxygen atoms in total. The number of alkyl halides is 3. The Morgan fingerprint density at radius 2 is 1.73 bits per heavy atom. The van der Waals surface area contributed by atoms with Gasteiger partial charge in [0.25, 0.3) is 0 Å². The predicted octanol–water partition coefficient (Wildman–Crippen LogP) is 1.52. The van der Waals surface area contributed by atoms with Crippen LogP contribution < -0.4 is 0 Å². The molecule has 1 saturated heterocycles. The molecule has 0 spiro atoms. The molecule has 1 amide bonds. The Kier molecular flexibility index (Phi) is 2.80. The number of carbonyl (C=O) groups excluding carboxylic acids is 2. The van der Waals surface area contributed by atoms with Crippen molar-refractivity contribution in [1.82, 2.24) is 4.90 Å². The van der Waals surface area contributed by atoms with E-state index in [0.29, 0.717) is 0 Å². The average molecular weight is 223 g/mol. The van der Waals surface area contributed by atoms with Gasteiger partial charge < -0.3 is 4.90 Å². The van der Waals surface area contributed by atoms with E-state index in [-0.39, 0.29) is 18.7 Å². The lowest BCUT2D eigenvalue weighted by molar-refractivity contribution is -0.222. The monoisotopic (exact) mass is 223 g/mol. The summed E-state index contributed by atoms with van der Waals surface area (Å²) in [6.07, 6.45) is -4.90. The lowest BCUT2D eigenvalue weighted by Gasteiger charge is -2.41. The van der Waals surface area contributed by atoms with Crippen LogP contribution >= 0.6 is 0 Å². The third-order valence-corrected chi connectivity index (χ3v) is 2.63. The van der Waals surface area contributed by atoms with Crippen LogP contribution in [-0.2, 0) is 9.59 Å². The maximum absolute atomic E-state index is 12.6. The molecule has 0 saturated carbocycles. The maximum atomic E-state index is 12.6. The third kappa shape index (κ3) is 2.13. The fourth-order valence-corrected chi connectivity index (χ4v) is 1.46. The normalized spacial score (nSPS) is 19.7. The molecule has 1 aliphatic heterocycles. The van der Waals surface area contributed by atoms with Gasteiger partial charge in [-0.25, -0.2) is 0 Å². The molecule has 0 aromatic heterocycles. The molecule has 6 heteroatoms. The van der Waals surface area contributed by atoms with Crippen molar-refractivity contribution in [3.05, 3.63) is 0 Å².